The fourth-order valence-corrected chi connectivity index (χ4v) is 2.71. The van der Waals surface area contributed by atoms with Crippen molar-refractivity contribution in [3.05, 3.63) is 36.9 Å². The van der Waals surface area contributed by atoms with Crippen LogP contribution in [0.5, 0.6) is 5.75 Å². The van der Waals surface area contributed by atoms with E-state index in [0.717, 1.165) is 36.4 Å². The molecule has 3 N–H and O–H groups in total. The highest BCUT2D eigenvalue weighted by atomic mass is 16.3. The smallest absolute Gasteiger partial charge is 0.159 e. The van der Waals surface area contributed by atoms with Crippen LogP contribution in [0.15, 0.2) is 36.9 Å². The Kier molecular flexibility index (Phi) is 3.12. The molecule has 22 heavy (non-hydrogen) atoms. The molecule has 2 aromatic heterocycles. The molecular weight excluding hydrogens is 280 g/mol. The van der Waals surface area contributed by atoms with Gasteiger partial charge in [-0.2, -0.15) is 0 Å². The summed E-state index contributed by atoms with van der Waals surface area (Å²) in [5, 5.41) is 16.4. The number of nitrogens with one attached hydrogen (secondary N) is 2. The average Bonchev–Trinajstić information content (AvgIpc) is 3.16. The summed E-state index contributed by atoms with van der Waals surface area (Å²) >= 11 is 0. The molecule has 0 amide bonds. The first-order chi connectivity index (χ1) is 10.8. The van der Waals surface area contributed by atoms with Crippen LogP contribution >= 0.6 is 0 Å². The van der Waals surface area contributed by atoms with E-state index < -0.39 is 0 Å². The van der Waals surface area contributed by atoms with Crippen LogP contribution in [0.1, 0.15) is 6.42 Å². The first-order valence-electron chi connectivity index (χ1n) is 7.25. The summed E-state index contributed by atoms with van der Waals surface area (Å²) in [4.78, 5) is 13.2. The van der Waals surface area contributed by atoms with E-state index in [0.29, 0.717) is 11.9 Å². The molecule has 1 aromatic carbocycles. The van der Waals surface area contributed by atoms with Crippen LogP contribution in [0, 0.1) is 0 Å². The molecular formula is C15H16N6O. The highest BCUT2D eigenvalue weighted by Gasteiger charge is 2.15. The van der Waals surface area contributed by atoms with Gasteiger partial charge < -0.3 is 15.7 Å². The minimum absolute atomic E-state index is 0.202. The van der Waals surface area contributed by atoms with E-state index in [4.69, 9.17) is 0 Å². The van der Waals surface area contributed by atoms with Crippen molar-refractivity contribution < 1.29 is 5.11 Å². The zero-order valence-electron chi connectivity index (χ0n) is 11.9. The Morgan fingerprint density at radius 2 is 2.27 bits per heavy atom. The number of nitrogens with zero attached hydrogens (tertiary/aromatic N) is 4. The number of anilines is 1. The molecule has 0 unspecified atom stereocenters. The summed E-state index contributed by atoms with van der Waals surface area (Å²) < 4.78 is 1.82. The number of phenolic OH excluding ortho intramolecular Hbond substituents is 1. The Labute approximate surface area is 127 Å². The summed E-state index contributed by atoms with van der Waals surface area (Å²) in [7, 11) is 0. The van der Waals surface area contributed by atoms with Crippen molar-refractivity contribution in [2.45, 2.75) is 12.5 Å². The lowest BCUT2D eigenvalue weighted by Crippen LogP contribution is -2.23. The highest BCUT2D eigenvalue weighted by molar-refractivity contribution is 5.78. The Morgan fingerprint density at radius 1 is 1.32 bits per heavy atom. The number of hydrogen-bond acceptors (Lipinski definition) is 6. The number of fused-ring (bicyclic) bond motifs is 1. The van der Waals surface area contributed by atoms with E-state index in [9.17, 15) is 5.11 Å². The molecule has 3 aromatic rings. The number of aromatic hydroxyl groups is 1. The number of aromatic nitrogens is 4. The Hall–Kier alpha value is -2.67. The maximum absolute atomic E-state index is 9.67. The van der Waals surface area contributed by atoms with Gasteiger partial charge in [0.05, 0.1) is 23.4 Å². The maximum atomic E-state index is 9.67. The number of benzene rings is 1. The SMILES string of the molecule is Oc1ccc2ncn(-c3cncc(N[C@@H]4CCNC4)n3)c2c1. The molecule has 1 saturated heterocycles. The maximum Gasteiger partial charge on any atom is 0.159 e. The van der Waals surface area contributed by atoms with Crippen molar-refractivity contribution >= 4 is 16.9 Å². The van der Waals surface area contributed by atoms with Gasteiger partial charge in [-0.15, -0.1) is 0 Å². The van der Waals surface area contributed by atoms with E-state index in [1.807, 2.05) is 4.57 Å². The third kappa shape index (κ3) is 2.35. The molecule has 7 nitrogen and oxygen atoms in total. The van der Waals surface area contributed by atoms with Gasteiger partial charge in [0.2, 0.25) is 0 Å². The highest BCUT2D eigenvalue weighted by Crippen LogP contribution is 2.21. The minimum atomic E-state index is 0.202. The van der Waals surface area contributed by atoms with E-state index in [1.54, 1.807) is 36.9 Å². The molecule has 0 aliphatic carbocycles. The van der Waals surface area contributed by atoms with Crippen LogP contribution in [0.4, 0.5) is 5.82 Å². The molecule has 0 radical (unpaired) electrons. The molecule has 0 bridgehead atoms. The van der Waals surface area contributed by atoms with E-state index in [-0.39, 0.29) is 5.75 Å². The first-order valence-corrected chi connectivity index (χ1v) is 7.25. The predicted molar refractivity (Wildman–Crippen MR) is 83.2 cm³/mol. The van der Waals surface area contributed by atoms with Crippen molar-refractivity contribution in [3.8, 4) is 11.6 Å². The average molecular weight is 296 g/mol. The van der Waals surface area contributed by atoms with Crippen molar-refractivity contribution in [1.82, 2.24) is 24.8 Å². The van der Waals surface area contributed by atoms with Gasteiger partial charge in [0.1, 0.15) is 17.9 Å². The van der Waals surface area contributed by atoms with Gasteiger partial charge in [-0.25, -0.2) is 9.97 Å². The lowest BCUT2D eigenvalue weighted by atomic mass is 10.2. The van der Waals surface area contributed by atoms with E-state index in [2.05, 4.69) is 25.6 Å². The summed E-state index contributed by atoms with van der Waals surface area (Å²) in [5.41, 5.74) is 1.60. The zero-order chi connectivity index (χ0) is 14.9. The van der Waals surface area contributed by atoms with Gasteiger partial charge in [0.15, 0.2) is 5.82 Å². The zero-order valence-corrected chi connectivity index (χ0v) is 11.9. The van der Waals surface area contributed by atoms with E-state index >= 15 is 0 Å². The summed E-state index contributed by atoms with van der Waals surface area (Å²) in [6.45, 7) is 1.96. The fourth-order valence-electron chi connectivity index (χ4n) is 2.71. The van der Waals surface area contributed by atoms with Gasteiger partial charge >= 0.3 is 0 Å². The third-order valence-electron chi connectivity index (χ3n) is 3.81. The lowest BCUT2D eigenvalue weighted by Gasteiger charge is -2.12. The third-order valence-corrected chi connectivity index (χ3v) is 3.81. The first kappa shape index (κ1) is 13.0. The molecule has 3 heterocycles. The number of imidazole rings is 1. The largest absolute Gasteiger partial charge is 0.508 e. The van der Waals surface area contributed by atoms with Gasteiger partial charge in [-0.1, -0.05) is 0 Å². The van der Waals surface area contributed by atoms with Gasteiger partial charge in [-0.05, 0) is 25.1 Å². The van der Waals surface area contributed by atoms with Crippen molar-refractivity contribution in [2.75, 3.05) is 18.4 Å². The monoisotopic (exact) mass is 296 g/mol. The normalized spacial score (nSPS) is 17.9. The number of rotatable bonds is 3. The Balaban J connectivity index is 1.70. The topological polar surface area (TPSA) is 87.9 Å². The molecule has 7 heteroatoms. The molecule has 0 saturated carbocycles. The molecule has 1 fully saturated rings. The standard InChI is InChI=1S/C15H16N6O/c22-11-1-2-12-13(5-11)21(9-18-12)15-8-17-7-14(20-15)19-10-3-4-16-6-10/h1-2,5,7-10,16,22H,3-4,6H2,(H,19,20)/t10-/m1/s1. The van der Waals surface area contributed by atoms with Crippen LogP contribution in [-0.2, 0) is 0 Å². The molecule has 1 aliphatic rings. The van der Waals surface area contributed by atoms with Crippen LogP contribution in [0.25, 0.3) is 16.9 Å². The minimum Gasteiger partial charge on any atom is -0.508 e. The van der Waals surface area contributed by atoms with Crippen LogP contribution < -0.4 is 10.6 Å². The molecule has 1 aliphatic heterocycles. The number of phenols is 1. The lowest BCUT2D eigenvalue weighted by molar-refractivity contribution is 0.476. The molecule has 4 rings (SSSR count). The summed E-state index contributed by atoms with van der Waals surface area (Å²) in [6.07, 6.45) is 6.17. The Morgan fingerprint density at radius 3 is 3.14 bits per heavy atom. The van der Waals surface area contributed by atoms with Gasteiger partial charge in [0.25, 0.3) is 0 Å². The van der Waals surface area contributed by atoms with Crippen LogP contribution in [0.2, 0.25) is 0 Å². The second kappa shape index (κ2) is 5.27. The summed E-state index contributed by atoms with van der Waals surface area (Å²) in [6, 6.07) is 5.45. The van der Waals surface area contributed by atoms with Crippen LogP contribution in [-0.4, -0.2) is 43.8 Å². The van der Waals surface area contributed by atoms with E-state index in [1.165, 1.54) is 0 Å². The number of hydrogen-bond donors (Lipinski definition) is 3. The second-order valence-electron chi connectivity index (χ2n) is 5.38. The molecule has 1 atom stereocenters. The molecule has 112 valence electrons. The Bertz CT molecular complexity index is 809. The van der Waals surface area contributed by atoms with Gasteiger partial charge in [-0.3, -0.25) is 9.55 Å². The summed E-state index contributed by atoms with van der Waals surface area (Å²) in [5.74, 6) is 1.62. The van der Waals surface area contributed by atoms with Crippen molar-refractivity contribution in [1.29, 1.82) is 0 Å². The fraction of sp³-hybridized carbons (Fsp3) is 0.267. The van der Waals surface area contributed by atoms with Crippen molar-refractivity contribution in [2.24, 2.45) is 0 Å². The predicted octanol–water partition coefficient (Wildman–Crippen LogP) is 1.29. The molecule has 0 spiro atoms. The second-order valence-corrected chi connectivity index (χ2v) is 5.38. The van der Waals surface area contributed by atoms with Crippen molar-refractivity contribution in [3.63, 3.8) is 0 Å². The van der Waals surface area contributed by atoms with Crippen LogP contribution in [0.3, 0.4) is 0 Å². The van der Waals surface area contributed by atoms with Gasteiger partial charge in [0, 0.05) is 18.7 Å². The quantitative estimate of drug-likeness (QED) is 0.675.